The molecule has 1 amide bonds. The lowest BCUT2D eigenvalue weighted by Crippen LogP contribution is -2.35. The Morgan fingerprint density at radius 2 is 2.04 bits per heavy atom. The predicted molar refractivity (Wildman–Crippen MR) is 97.0 cm³/mol. The van der Waals surface area contributed by atoms with Crippen LogP contribution in [0.1, 0.15) is 12.8 Å². The van der Waals surface area contributed by atoms with Crippen molar-refractivity contribution in [3.05, 3.63) is 36.4 Å². The van der Waals surface area contributed by atoms with Gasteiger partial charge in [-0.25, -0.2) is 0 Å². The third-order valence-electron chi connectivity index (χ3n) is 3.62. The maximum atomic E-state index is 12.2. The number of fused-ring (bicyclic) bond motifs is 1. The van der Waals surface area contributed by atoms with E-state index in [4.69, 9.17) is 21.9 Å². The van der Waals surface area contributed by atoms with Crippen LogP contribution in [0.4, 0.5) is 5.69 Å². The van der Waals surface area contributed by atoms with Crippen LogP contribution in [0.15, 0.2) is 41.4 Å². The molecule has 0 aliphatic rings. The molecule has 0 saturated heterocycles. The lowest BCUT2D eigenvalue weighted by Gasteiger charge is -2.14. The standard InChI is InChI=1S/C17H23N5O2/c1-24-15-10-12(9-11-5-2-3-6-13(11)15)22-16(23)14(18)7-4-8-21-17(19)20/h2-3,5-6,9-10,14H,4,7-8,18H2,1H3,(H,22,23)(H4,19,20,21)/t14-/m0/s1. The highest BCUT2D eigenvalue weighted by molar-refractivity contribution is 5.99. The summed E-state index contributed by atoms with van der Waals surface area (Å²) in [5, 5.41) is 4.79. The minimum absolute atomic E-state index is 0.0382. The van der Waals surface area contributed by atoms with Crippen LogP contribution in [0.5, 0.6) is 5.75 Å². The molecule has 7 N–H and O–H groups in total. The summed E-state index contributed by atoms with van der Waals surface area (Å²) < 4.78 is 5.39. The molecule has 2 aromatic carbocycles. The number of nitrogens with zero attached hydrogens (tertiary/aromatic N) is 1. The average Bonchev–Trinajstić information content (AvgIpc) is 2.57. The number of ether oxygens (including phenoxy) is 1. The Morgan fingerprint density at radius 1 is 1.29 bits per heavy atom. The van der Waals surface area contributed by atoms with Crippen LogP contribution in [0.25, 0.3) is 10.8 Å². The van der Waals surface area contributed by atoms with E-state index in [1.807, 2.05) is 30.3 Å². The third kappa shape index (κ3) is 4.60. The Labute approximate surface area is 140 Å². The monoisotopic (exact) mass is 329 g/mol. The van der Waals surface area contributed by atoms with E-state index < -0.39 is 6.04 Å². The van der Waals surface area contributed by atoms with Crippen LogP contribution in [-0.2, 0) is 4.79 Å². The van der Waals surface area contributed by atoms with Gasteiger partial charge in [0.25, 0.3) is 0 Å². The first kappa shape index (κ1) is 17.6. The topological polar surface area (TPSA) is 129 Å². The lowest BCUT2D eigenvalue weighted by molar-refractivity contribution is -0.117. The number of aliphatic imine (C=N–C) groups is 1. The van der Waals surface area contributed by atoms with Gasteiger partial charge in [-0.15, -0.1) is 0 Å². The molecule has 7 nitrogen and oxygen atoms in total. The molecular weight excluding hydrogens is 306 g/mol. The summed E-state index contributed by atoms with van der Waals surface area (Å²) in [5.74, 6) is 0.484. The van der Waals surface area contributed by atoms with Gasteiger partial charge in [0.15, 0.2) is 5.96 Å². The summed E-state index contributed by atoms with van der Waals surface area (Å²) >= 11 is 0. The molecule has 7 heteroatoms. The second-order valence-corrected chi connectivity index (χ2v) is 5.44. The zero-order valence-corrected chi connectivity index (χ0v) is 13.7. The number of guanidine groups is 1. The van der Waals surface area contributed by atoms with Gasteiger partial charge in [0.05, 0.1) is 13.2 Å². The van der Waals surface area contributed by atoms with Gasteiger partial charge in [0.2, 0.25) is 5.91 Å². The molecule has 0 aromatic heterocycles. The van der Waals surface area contributed by atoms with Crippen LogP contribution in [-0.4, -0.2) is 31.6 Å². The Balaban J connectivity index is 2.03. The number of nitrogens with two attached hydrogens (primary N) is 3. The second-order valence-electron chi connectivity index (χ2n) is 5.44. The number of carbonyl (C=O) groups excluding carboxylic acids is 1. The molecule has 0 radical (unpaired) electrons. The van der Waals surface area contributed by atoms with Crippen molar-refractivity contribution in [3.63, 3.8) is 0 Å². The van der Waals surface area contributed by atoms with Crippen molar-refractivity contribution in [3.8, 4) is 5.75 Å². The summed E-state index contributed by atoms with van der Waals surface area (Å²) in [6, 6.07) is 10.8. The highest BCUT2D eigenvalue weighted by Gasteiger charge is 2.14. The molecule has 0 aliphatic carbocycles. The molecule has 0 unspecified atom stereocenters. The maximum Gasteiger partial charge on any atom is 0.241 e. The van der Waals surface area contributed by atoms with Crippen LogP contribution in [0.2, 0.25) is 0 Å². The number of anilines is 1. The van der Waals surface area contributed by atoms with Gasteiger partial charge in [-0.1, -0.05) is 24.3 Å². The SMILES string of the molecule is COc1cc(NC(=O)[C@@H](N)CCCN=C(N)N)cc2ccccc12. The third-order valence-corrected chi connectivity index (χ3v) is 3.62. The van der Waals surface area contributed by atoms with Gasteiger partial charge in [0.1, 0.15) is 5.75 Å². The minimum atomic E-state index is -0.628. The zero-order chi connectivity index (χ0) is 17.5. The van der Waals surface area contributed by atoms with Gasteiger partial charge in [-0.05, 0) is 24.3 Å². The minimum Gasteiger partial charge on any atom is -0.496 e. The van der Waals surface area contributed by atoms with E-state index in [1.165, 1.54) is 0 Å². The molecule has 0 fully saturated rings. The molecule has 0 saturated carbocycles. The predicted octanol–water partition coefficient (Wildman–Crippen LogP) is 1.17. The van der Waals surface area contributed by atoms with E-state index in [2.05, 4.69) is 10.3 Å². The van der Waals surface area contributed by atoms with Crippen LogP contribution in [0.3, 0.4) is 0 Å². The van der Waals surface area contributed by atoms with Crippen LogP contribution in [0, 0.1) is 0 Å². The molecule has 0 bridgehead atoms. The maximum absolute atomic E-state index is 12.2. The first-order valence-electron chi connectivity index (χ1n) is 7.70. The Hall–Kier alpha value is -2.80. The lowest BCUT2D eigenvalue weighted by atomic mass is 10.1. The fourth-order valence-electron chi connectivity index (χ4n) is 2.40. The fourth-order valence-corrected chi connectivity index (χ4v) is 2.40. The first-order valence-corrected chi connectivity index (χ1v) is 7.70. The fraction of sp³-hybridized carbons (Fsp3) is 0.294. The molecular formula is C17H23N5O2. The first-order chi connectivity index (χ1) is 11.5. The summed E-state index contributed by atoms with van der Waals surface area (Å²) in [6.07, 6.45) is 1.13. The van der Waals surface area contributed by atoms with Gasteiger partial charge in [-0.2, -0.15) is 0 Å². The largest absolute Gasteiger partial charge is 0.496 e. The summed E-state index contributed by atoms with van der Waals surface area (Å²) in [7, 11) is 1.60. The highest BCUT2D eigenvalue weighted by Crippen LogP contribution is 2.29. The number of nitrogens with one attached hydrogen (secondary N) is 1. The van der Waals surface area contributed by atoms with Crippen LogP contribution >= 0.6 is 0 Å². The van der Waals surface area contributed by atoms with Gasteiger partial charge in [-0.3, -0.25) is 9.79 Å². The highest BCUT2D eigenvalue weighted by atomic mass is 16.5. The molecule has 0 spiro atoms. The average molecular weight is 329 g/mol. The number of amides is 1. The van der Waals surface area contributed by atoms with Crippen molar-refractivity contribution in [1.29, 1.82) is 0 Å². The molecule has 128 valence electrons. The number of methoxy groups -OCH3 is 1. The van der Waals surface area contributed by atoms with E-state index in [0.717, 1.165) is 10.8 Å². The molecule has 0 aliphatic heterocycles. The zero-order valence-electron chi connectivity index (χ0n) is 13.7. The van der Waals surface area contributed by atoms with E-state index >= 15 is 0 Å². The molecule has 24 heavy (non-hydrogen) atoms. The molecule has 1 atom stereocenters. The van der Waals surface area contributed by atoms with E-state index in [0.29, 0.717) is 30.8 Å². The molecule has 2 rings (SSSR count). The Bertz CT molecular complexity index is 741. The van der Waals surface area contributed by atoms with Gasteiger partial charge < -0.3 is 27.3 Å². The van der Waals surface area contributed by atoms with Crippen molar-refractivity contribution < 1.29 is 9.53 Å². The van der Waals surface area contributed by atoms with Gasteiger partial charge in [0, 0.05) is 23.7 Å². The van der Waals surface area contributed by atoms with E-state index in [1.54, 1.807) is 13.2 Å². The Morgan fingerprint density at radius 3 is 2.75 bits per heavy atom. The summed E-state index contributed by atoms with van der Waals surface area (Å²) in [5.41, 5.74) is 17.1. The quantitative estimate of drug-likeness (QED) is 0.344. The number of carbonyl (C=O) groups is 1. The van der Waals surface area contributed by atoms with Crippen molar-refractivity contribution in [2.24, 2.45) is 22.2 Å². The molecule has 2 aromatic rings. The normalized spacial score (nSPS) is 11.8. The number of hydrogen-bond donors (Lipinski definition) is 4. The Kier molecular flexibility index (Phi) is 5.97. The number of benzene rings is 2. The molecule has 0 heterocycles. The van der Waals surface area contributed by atoms with Gasteiger partial charge >= 0.3 is 0 Å². The van der Waals surface area contributed by atoms with Crippen molar-refractivity contribution >= 4 is 28.3 Å². The number of rotatable bonds is 7. The smallest absolute Gasteiger partial charge is 0.241 e. The summed E-state index contributed by atoms with van der Waals surface area (Å²) in [6.45, 7) is 0.451. The van der Waals surface area contributed by atoms with E-state index in [9.17, 15) is 4.79 Å². The van der Waals surface area contributed by atoms with Crippen LogP contribution < -0.4 is 27.3 Å². The van der Waals surface area contributed by atoms with Crippen molar-refractivity contribution in [1.82, 2.24) is 0 Å². The summed E-state index contributed by atoms with van der Waals surface area (Å²) in [4.78, 5) is 16.1. The van der Waals surface area contributed by atoms with E-state index in [-0.39, 0.29) is 11.9 Å². The van der Waals surface area contributed by atoms with Crippen molar-refractivity contribution in [2.45, 2.75) is 18.9 Å². The van der Waals surface area contributed by atoms with Crippen molar-refractivity contribution in [2.75, 3.05) is 19.0 Å². The number of hydrogen-bond acceptors (Lipinski definition) is 4. The second kappa shape index (κ2) is 8.16.